The van der Waals surface area contributed by atoms with Gasteiger partial charge < -0.3 is 20.1 Å². The van der Waals surface area contributed by atoms with Gasteiger partial charge in [-0.15, -0.1) is 0 Å². The first-order valence-electron chi connectivity index (χ1n) is 9.66. The third-order valence-electron chi connectivity index (χ3n) is 3.80. The number of carbonyl (C=O) groups is 2. The van der Waals surface area contributed by atoms with E-state index in [0.29, 0.717) is 24.6 Å². The molecule has 0 saturated carbocycles. The molecule has 2 aromatic carbocycles. The van der Waals surface area contributed by atoms with Gasteiger partial charge in [-0.3, -0.25) is 9.59 Å². The van der Waals surface area contributed by atoms with Crippen molar-refractivity contribution in [1.29, 1.82) is 0 Å². The molecule has 0 unspecified atom stereocenters. The Morgan fingerprint density at radius 3 is 1.36 bits per heavy atom. The number of anilines is 2. The van der Waals surface area contributed by atoms with Gasteiger partial charge in [-0.05, 0) is 61.4 Å². The third kappa shape index (κ3) is 7.70. The van der Waals surface area contributed by atoms with Gasteiger partial charge in [0.1, 0.15) is 11.5 Å². The predicted octanol–water partition coefficient (Wildman–Crippen LogP) is 4.62. The SMILES string of the molecule is CCCOc1ccc(NC(=O)CCC(=O)Nc2ccc(OCCC)cc2)cc1. The van der Waals surface area contributed by atoms with E-state index in [1.165, 1.54) is 0 Å². The molecule has 0 radical (unpaired) electrons. The van der Waals surface area contributed by atoms with Crippen molar-refractivity contribution in [2.75, 3.05) is 23.8 Å². The summed E-state index contributed by atoms with van der Waals surface area (Å²) in [5.74, 6) is 1.12. The first-order valence-corrected chi connectivity index (χ1v) is 9.66. The van der Waals surface area contributed by atoms with Crippen LogP contribution in [0.3, 0.4) is 0 Å². The predicted molar refractivity (Wildman–Crippen MR) is 111 cm³/mol. The molecule has 2 rings (SSSR count). The summed E-state index contributed by atoms with van der Waals surface area (Å²) in [6.45, 7) is 5.41. The van der Waals surface area contributed by atoms with Gasteiger partial charge in [-0.1, -0.05) is 13.8 Å². The second kappa shape index (κ2) is 11.6. The van der Waals surface area contributed by atoms with Gasteiger partial charge in [-0.2, -0.15) is 0 Å². The van der Waals surface area contributed by atoms with Crippen molar-refractivity contribution in [3.8, 4) is 11.5 Å². The van der Waals surface area contributed by atoms with E-state index in [9.17, 15) is 9.59 Å². The molecule has 2 aromatic rings. The normalized spacial score (nSPS) is 10.2. The van der Waals surface area contributed by atoms with Crippen molar-refractivity contribution in [2.24, 2.45) is 0 Å². The van der Waals surface area contributed by atoms with Crippen LogP contribution in [0, 0.1) is 0 Å². The van der Waals surface area contributed by atoms with Gasteiger partial charge in [0.05, 0.1) is 13.2 Å². The molecule has 6 nitrogen and oxygen atoms in total. The summed E-state index contributed by atoms with van der Waals surface area (Å²) < 4.78 is 11.0. The molecule has 0 aliphatic heterocycles. The van der Waals surface area contributed by atoms with Gasteiger partial charge in [0.25, 0.3) is 0 Å². The Balaban J connectivity index is 1.72. The molecule has 2 N–H and O–H groups in total. The molecule has 0 aliphatic carbocycles. The first kappa shape index (κ1) is 21.3. The molecule has 2 amide bonds. The Hall–Kier alpha value is -3.02. The molecule has 0 fully saturated rings. The highest BCUT2D eigenvalue weighted by molar-refractivity contribution is 5.96. The Bertz CT molecular complexity index is 677. The maximum absolute atomic E-state index is 12.0. The molecular formula is C22H28N2O4. The number of amides is 2. The summed E-state index contributed by atoms with van der Waals surface area (Å²) >= 11 is 0. The maximum atomic E-state index is 12.0. The van der Waals surface area contributed by atoms with Crippen LogP contribution >= 0.6 is 0 Å². The van der Waals surface area contributed by atoms with Gasteiger partial charge >= 0.3 is 0 Å². The third-order valence-corrected chi connectivity index (χ3v) is 3.80. The van der Waals surface area contributed by atoms with E-state index in [-0.39, 0.29) is 24.7 Å². The van der Waals surface area contributed by atoms with E-state index in [0.717, 1.165) is 24.3 Å². The fraction of sp³-hybridized carbons (Fsp3) is 0.364. The second-order valence-electron chi connectivity index (χ2n) is 6.34. The molecule has 0 atom stereocenters. The topological polar surface area (TPSA) is 76.7 Å². The minimum atomic E-state index is -0.208. The van der Waals surface area contributed by atoms with Crippen LogP contribution in [0.25, 0.3) is 0 Å². The van der Waals surface area contributed by atoms with Crippen LogP contribution in [0.5, 0.6) is 11.5 Å². The zero-order valence-electron chi connectivity index (χ0n) is 16.5. The Morgan fingerprint density at radius 1 is 0.679 bits per heavy atom. The van der Waals surface area contributed by atoms with Crippen molar-refractivity contribution in [1.82, 2.24) is 0 Å². The van der Waals surface area contributed by atoms with Crippen LogP contribution in [0.4, 0.5) is 11.4 Å². The standard InChI is InChI=1S/C22H28N2O4/c1-3-15-27-19-9-5-17(6-10-19)23-21(25)13-14-22(26)24-18-7-11-20(12-8-18)28-16-4-2/h5-12H,3-4,13-16H2,1-2H3,(H,23,25)(H,24,26). The van der Waals surface area contributed by atoms with Gasteiger partial charge in [0, 0.05) is 24.2 Å². The highest BCUT2D eigenvalue weighted by atomic mass is 16.5. The lowest BCUT2D eigenvalue weighted by atomic mass is 10.2. The van der Waals surface area contributed by atoms with Gasteiger partial charge in [-0.25, -0.2) is 0 Å². The Labute approximate surface area is 166 Å². The molecule has 0 spiro atoms. The smallest absolute Gasteiger partial charge is 0.224 e. The minimum absolute atomic E-state index is 0.109. The fourth-order valence-electron chi connectivity index (χ4n) is 2.38. The molecular weight excluding hydrogens is 356 g/mol. The molecule has 28 heavy (non-hydrogen) atoms. The summed E-state index contributed by atoms with van der Waals surface area (Å²) in [5.41, 5.74) is 1.36. The van der Waals surface area contributed by atoms with Crippen LogP contribution in [0.2, 0.25) is 0 Å². The largest absolute Gasteiger partial charge is 0.494 e. The highest BCUT2D eigenvalue weighted by Crippen LogP contribution is 2.17. The van der Waals surface area contributed by atoms with E-state index in [4.69, 9.17) is 9.47 Å². The zero-order chi connectivity index (χ0) is 20.2. The van der Waals surface area contributed by atoms with Gasteiger partial charge in [0.2, 0.25) is 11.8 Å². The number of hydrogen-bond donors (Lipinski definition) is 2. The van der Waals surface area contributed by atoms with Crippen LogP contribution < -0.4 is 20.1 Å². The quantitative estimate of drug-likeness (QED) is 0.593. The summed E-state index contributed by atoms with van der Waals surface area (Å²) in [6, 6.07) is 14.4. The number of ether oxygens (including phenoxy) is 2. The van der Waals surface area contributed by atoms with Crippen molar-refractivity contribution in [2.45, 2.75) is 39.5 Å². The second-order valence-corrected chi connectivity index (χ2v) is 6.34. The minimum Gasteiger partial charge on any atom is -0.494 e. The van der Waals surface area contributed by atoms with Crippen molar-refractivity contribution in [3.63, 3.8) is 0 Å². The lowest BCUT2D eigenvalue weighted by molar-refractivity contribution is -0.121. The molecule has 0 saturated heterocycles. The van der Waals surface area contributed by atoms with Gasteiger partial charge in [0.15, 0.2) is 0 Å². The summed E-state index contributed by atoms with van der Waals surface area (Å²) in [6.07, 6.45) is 2.10. The van der Waals surface area contributed by atoms with Crippen LogP contribution in [0.1, 0.15) is 39.5 Å². The van der Waals surface area contributed by atoms with Crippen LogP contribution in [-0.2, 0) is 9.59 Å². The Morgan fingerprint density at radius 2 is 1.04 bits per heavy atom. The van der Waals surface area contributed by atoms with E-state index in [1.807, 2.05) is 38.1 Å². The summed E-state index contributed by atoms with van der Waals surface area (Å²) in [5, 5.41) is 5.56. The van der Waals surface area contributed by atoms with Crippen molar-refractivity contribution in [3.05, 3.63) is 48.5 Å². The number of hydrogen-bond acceptors (Lipinski definition) is 4. The maximum Gasteiger partial charge on any atom is 0.224 e. The number of rotatable bonds is 11. The summed E-state index contributed by atoms with van der Waals surface area (Å²) in [7, 11) is 0. The summed E-state index contributed by atoms with van der Waals surface area (Å²) in [4.78, 5) is 24.1. The Kier molecular flexibility index (Phi) is 8.85. The zero-order valence-corrected chi connectivity index (χ0v) is 16.5. The first-order chi connectivity index (χ1) is 13.6. The number of carbonyl (C=O) groups excluding carboxylic acids is 2. The molecule has 6 heteroatoms. The van der Waals surface area contributed by atoms with E-state index in [1.54, 1.807) is 24.3 Å². The lowest BCUT2D eigenvalue weighted by Gasteiger charge is -2.09. The fourth-order valence-corrected chi connectivity index (χ4v) is 2.38. The number of nitrogens with one attached hydrogen (secondary N) is 2. The molecule has 150 valence electrons. The number of benzene rings is 2. The van der Waals surface area contributed by atoms with Crippen LogP contribution in [0.15, 0.2) is 48.5 Å². The van der Waals surface area contributed by atoms with E-state index < -0.39 is 0 Å². The molecule has 0 heterocycles. The monoisotopic (exact) mass is 384 g/mol. The van der Waals surface area contributed by atoms with Crippen molar-refractivity contribution < 1.29 is 19.1 Å². The average molecular weight is 384 g/mol. The molecule has 0 aromatic heterocycles. The van der Waals surface area contributed by atoms with Crippen LogP contribution in [-0.4, -0.2) is 25.0 Å². The highest BCUT2D eigenvalue weighted by Gasteiger charge is 2.08. The lowest BCUT2D eigenvalue weighted by Crippen LogP contribution is -2.17. The van der Waals surface area contributed by atoms with E-state index in [2.05, 4.69) is 10.6 Å². The molecule has 0 bridgehead atoms. The van der Waals surface area contributed by atoms with Crippen molar-refractivity contribution >= 4 is 23.2 Å². The molecule has 0 aliphatic rings. The van der Waals surface area contributed by atoms with E-state index >= 15 is 0 Å². The average Bonchev–Trinajstić information content (AvgIpc) is 2.71.